The summed E-state index contributed by atoms with van der Waals surface area (Å²) in [6.45, 7) is 3.61. The first-order valence-electron chi connectivity index (χ1n) is 4.59. The van der Waals surface area contributed by atoms with Crippen molar-refractivity contribution >= 4 is 11.9 Å². The van der Waals surface area contributed by atoms with Gasteiger partial charge in [-0.05, 0) is 19.3 Å². The molecular weight excluding hydrogens is 168 g/mol. The van der Waals surface area contributed by atoms with Gasteiger partial charge in [-0.25, -0.2) is 0 Å². The molecule has 0 bridgehead atoms. The van der Waals surface area contributed by atoms with E-state index < -0.39 is 0 Å². The van der Waals surface area contributed by atoms with Gasteiger partial charge in [-0.15, -0.1) is 6.58 Å². The highest BCUT2D eigenvalue weighted by molar-refractivity contribution is 5.94. The average Bonchev–Trinajstić information content (AvgIpc) is 2.39. The van der Waals surface area contributed by atoms with Crippen LogP contribution in [0, 0.1) is 5.92 Å². The Kier molecular flexibility index (Phi) is 3.68. The Hall–Kier alpha value is -1.12. The van der Waals surface area contributed by atoms with Gasteiger partial charge in [0.2, 0.25) is 0 Å². The molecule has 1 rings (SSSR count). The zero-order valence-corrected chi connectivity index (χ0v) is 7.62. The molecule has 0 amide bonds. The fraction of sp³-hybridized carbons (Fsp3) is 0.600. The van der Waals surface area contributed by atoms with E-state index in [1.165, 1.54) is 0 Å². The number of esters is 2. The molecule has 3 nitrogen and oxygen atoms in total. The van der Waals surface area contributed by atoms with Gasteiger partial charge in [0.25, 0.3) is 0 Å². The van der Waals surface area contributed by atoms with Crippen LogP contribution in [0.25, 0.3) is 0 Å². The molecule has 0 saturated carbocycles. The number of rotatable bonds is 5. The number of hydrogen-bond donors (Lipinski definition) is 0. The first-order valence-corrected chi connectivity index (χ1v) is 4.59. The van der Waals surface area contributed by atoms with Gasteiger partial charge < -0.3 is 4.74 Å². The van der Waals surface area contributed by atoms with E-state index in [0.717, 1.165) is 25.7 Å². The summed E-state index contributed by atoms with van der Waals surface area (Å²) < 4.78 is 4.43. The molecule has 0 N–H and O–H groups in total. The van der Waals surface area contributed by atoms with Crippen LogP contribution in [0.5, 0.6) is 0 Å². The van der Waals surface area contributed by atoms with Crippen LogP contribution in [0.3, 0.4) is 0 Å². The minimum absolute atomic E-state index is 0.183. The van der Waals surface area contributed by atoms with E-state index in [9.17, 15) is 9.59 Å². The van der Waals surface area contributed by atoms with Crippen LogP contribution in [0.1, 0.15) is 32.1 Å². The van der Waals surface area contributed by atoms with Crippen molar-refractivity contribution in [1.82, 2.24) is 0 Å². The Labute approximate surface area is 77.8 Å². The third kappa shape index (κ3) is 3.01. The zero-order valence-electron chi connectivity index (χ0n) is 7.62. The highest BCUT2D eigenvalue weighted by atomic mass is 16.6. The highest BCUT2D eigenvalue weighted by Crippen LogP contribution is 2.21. The third-order valence-electron chi connectivity index (χ3n) is 2.17. The molecule has 0 aromatic heterocycles. The van der Waals surface area contributed by atoms with Gasteiger partial charge >= 0.3 is 11.9 Å². The molecule has 0 aliphatic carbocycles. The Morgan fingerprint density at radius 3 is 2.77 bits per heavy atom. The standard InChI is InChI=1S/C10H14O3/c1-2-3-4-5-6-8-7-9(11)13-10(8)12/h2,8H,1,3-7H2. The van der Waals surface area contributed by atoms with E-state index in [1.54, 1.807) is 0 Å². The molecule has 3 heteroatoms. The van der Waals surface area contributed by atoms with Gasteiger partial charge in [0.1, 0.15) is 0 Å². The van der Waals surface area contributed by atoms with Crippen LogP contribution in [0.4, 0.5) is 0 Å². The molecule has 1 saturated heterocycles. The molecule has 1 fully saturated rings. The minimum Gasteiger partial charge on any atom is -0.393 e. The van der Waals surface area contributed by atoms with Gasteiger partial charge in [-0.3, -0.25) is 9.59 Å². The number of cyclic esters (lactones) is 2. The molecule has 0 spiro atoms. The SMILES string of the molecule is C=CCCCCC1CC(=O)OC1=O. The second-order valence-electron chi connectivity index (χ2n) is 3.27. The lowest BCUT2D eigenvalue weighted by atomic mass is 10.00. The first-order chi connectivity index (χ1) is 6.24. The van der Waals surface area contributed by atoms with Gasteiger partial charge in [0, 0.05) is 0 Å². The maximum Gasteiger partial charge on any atom is 0.317 e. The molecule has 13 heavy (non-hydrogen) atoms. The van der Waals surface area contributed by atoms with Crippen LogP contribution in [-0.4, -0.2) is 11.9 Å². The van der Waals surface area contributed by atoms with E-state index in [0.29, 0.717) is 0 Å². The van der Waals surface area contributed by atoms with Crippen molar-refractivity contribution in [1.29, 1.82) is 0 Å². The van der Waals surface area contributed by atoms with Gasteiger partial charge in [0.15, 0.2) is 0 Å². The van der Waals surface area contributed by atoms with E-state index in [1.807, 2.05) is 6.08 Å². The molecule has 0 aromatic carbocycles. The topological polar surface area (TPSA) is 43.4 Å². The van der Waals surface area contributed by atoms with Crippen LogP contribution in [0.2, 0.25) is 0 Å². The normalized spacial score (nSPS) is 21.7. The lowest BCUT2D eigenvalue weighted by Crippen LogP contribution is -2.06. The molecule has 0 aromatic rings. The van der Waals surface area contributed by atoms with E-state index in [2.05, 4.69) is 11.3 Å². The van der Waals surface area contributed by atoms with Crippen molar-refractivity contribution in [3.05, 3.63) is 12.7 Å². The molecule has 1 aliphatic rings. The highest BCUT2D eigenvalue weighted by Gasteiger charge is 2.32. The summed E-state index contributed by atoms with van der Waals surface area (Å²) in [6.07, 6.45) is 5.85. The van der Waals surface area contributed by atoms with Crippen LogP contribution in [-0.2, 0) is 14.3 Å². The maximum absolute atomic E-state index is 11.0. The Morgan fingerprint density at radius 2 is 2.23 bits per heavy atom. The summed E-state index contributed by atoms with van der Waals surface area (Å²) in [5, 5.41) is 0. The predicted octanol–water partition coefficient (Wildman–Crippen LogP) is 1.82. The second-order valence-corrected chi connectivity index (χ2v) is 3.27. The minimum atomic E-state index is -0.376. The molecule has 1 unspecified atom stereocenters. The zero-order chi connectivity index (χ0) is 9.68. The summed E-state index contributed by atoms with van der Waals surface area (Å²) in [4.78, 5) is 21.7. The number of carbonyl (C=O) groups excluding carboxylic acids is 2. The van der Waals surface area contributed by atoms with E-state index in [-0.39, 0.29) is 24.3 Å². The van der Waals surface area contributed by atoms with Crippen LogP contribution in [0.15, 0.2) is 12.7 Å². The van der Waals surface area contributed by atoms with Crippen molar-refractivity contribution in [2.75, 3.05) is 0 Å². The number of ether oxygens (including phenoxy) is 1. The summed E-state index contributed by atoms with van der Waals surface area (Å²) in [5.74, 6) is -0.903. The van der Waals surface area contributed by atoms with E-state index >= 15 is 0 Å². The summed E-state index contributed by atoms with van der Waals surface area (Å²) in [7, 11) is 0. The molecule has 1 aliphatic heterocycles. The second kappa shape index (κ2) is 4.80. The summed E-state index contributed by atoms with van der Waals surface area (Å²) >= 11 is 0. The Morgan fingerprint density at radius 1 is 1.46 bits per heavy atom. The molecule has 1 heterocycles. The van der Waals surface area contributed by atoms with Crippen molar-refractivity contribution in [2.45, 2.75) is 32.1 Å². The van der Waals surface area contributed by atoms with Crippen LogP contribution >= 0.6 is 0 Å². The molecule has 72 valence electrons. The summed E-state index contributed by atoms with van der Waals surface area (Å²) in [5.41, 5.74) is 0. The maximum atomic E-state index is 11.0. The van der Waals surface area contributed by atoms with Gasteiger partial charge in [0.05, 0.1) is 12.3 Å². The average molecular weight is 182 g/mol. The largest absolute Gasteiger partial charge is 0.393 e. The lowest BCUT2D eigenvalue weighted by Gasteiger charge is -2.01. The quantitative estimate of drug-likeness (QED) is 0.282. The summed E-state index contributed by atoms with van der Waals surface area (Å²) in [6, 6.07) is 0. The predicted molar refractivity (Wildman–Crippen MR) is 47.9 cm³/mol. The number of unbranched alkanes of at least 4 members (excludes halogenated alkanes) is 2. The third-order valence-corrected chi connectivity index (χ3v) is 2.17. The molecule has 0 radical (unpaired) electrons. The molecule has 1 atom stereocenters. The van der Waals surface area contributed by atoms with Crippen molar-refractivity contribution in [2.24, 2.45) is 5.92 Å². The molecular formula is C10H14O3. The fourth-order valence-corrected chi connectivity index (χ4v) is 1.42. The fourth-order valence-electron chi connectivity index (χ4n) is 1.42. The lowest BCUT2D eigenvalue weighted by molar-refractivity contribution is -0.153. The first kappa shape index (κ1) is 9.96. The van der Waals surface area contributed by atoms with Gasteiger partial charge in [-0.2, -0.15) is 0 Å². The monoisotopic (exact) mass is 182 g/mol. The smallest absolute Gasteiger partial charge is 0.317 e. The number of allylic oxidation sites excluding steroid dienone is 1. The van der Waals surface area contributed by atoms with Crippen molar-refractivity contribution in [3.63, 3.8) is 0 Å². The Bertz CT molecular complexity index is 220. The van der Waals surface area contributed by atoms with Crippen molar-refractivity contribution < 1.29 is 14.3 Å². The number of carbonyl (C=O) groups is 2. The van der Waals surface area contributed by atoms with Crippen molar-refractivity contribution in [3.8, 4) is 0 Å². The van der Waals surface area contributed by atoms with Crippen LogP contribution < -0.4 is 0 Å². The van der Waals surface area contributed by atoms with E-state index in [4.69, 9.17) is 0 Å². The van der Waals surface area contributed by atoms with Gasteiger partial charge in [-0.1, -0.05) is 12.5 Å². The number of hydrogen-bond acceptors (Lipinski definition) is 3. The Balaban J connectivity index is 2.18.